The Balaban J connectivity index is 2.10. The molecule has 25 heavy (non-hydrogen) atoms. The summed E-state index contributed by atoms with van der Waals surface area (Å²) in [6.45, 7) is 5.48. The summed E-state index contributed by atoms with van der Waals surface area (Å²) in [5, 5.41) is 12.0. The molecule has 0 aliphatic carbocycles. The van der Waals surface area contributed by atoms with Gasteiger partial charge in [-0.05, 0) is 49.6 Å². The van der Waals surface area contributed by atoms with Gasteiger partial charge in [-0.15, -0.1) is 0 Å². The van der Waals surface area contributed by atoms with E-state index in [-0.39, 0.29) is 12.3 Å². The minimum absolute atomic E-state index is 0.187. The van der Waals surface area contributed by atoms with Gasteiger partial charge >= 0.3 is 5.97 Å². The third-order valence-corrected chi connectivity index (χ3v) is 3.93. The van der Waals surface area contributed by atoms with Crippen molar-refractivity contribution in [3.05, 3.63) is 65.2 Å². The maximum absolute atomic E-state index is 12.5. The molecule has 0 saturated heterocycles. The van der Waals surface area contributed by atoms with Crippen LogP contribution in [0.2, 0.25) is 0 Å². The standard InChI is InChI=1S/C20H23NO4/c1-13-7-6-9-16(11-13)25-15(3)20(24)21-18(12-19(22)23)17-10-5-4-8-14(17)2/h4-11,15,18H,12H2,1-3H3,(H,21,24)(H,22,23). The van der Waals surface area contributed by atoms with Crippen LogP contribution >= 0.6 is 0 Å². The van der Waals surface area contributed by atoms with Crippen LogP contribution in [0.5, 0.6) is 5.75 Å². The van der Waals surface area contributed by atoms with Gasteiger partial charge in [0.15, 0.2) is 6.10 Å². The molecule has 0 radical (unpaired) electrons. The first-order valence-corrected chi connectivity index (χ1v) is 8.18. The fourth-order valence-corrected chi connectivity index (χ4v) is 2.63. The van der Waals surface area contributed by atoms with Crippen molar-refractivity contribution in [3.63, 3.8) is 0 Å². The van der Waals surface area contributed by atoms with Gasteiger partial charge in [0.2, 0.25) is 0 Å². The number of benzene rings is 2. The highest BCUT2D eigenvalue weighted by Crippen LogP contribution is 2.21. The van der Waals surface area contributed by atoms with Crippen LogP contribution in [0.15, 0.2) is 48.5 Å². The van der Waals surface area contributed by atoms with Gasteiger partial charge in [0, 0.05) is 0 Å². The second kappa shape index (κ2) is 8.33. The van der Waals surface area contributed by atoms with Crippen LogP contribution in [0.25, 0.3) is 0 Å². The lowest BCUT2D eigenvalue weighted by Crippen LogP contribution is -2.39. The maximum Gasteiger partial charge on any atom is 0.305 e. The summed E-state index contributed by atoms with van der Waals surface area (Å²) in [5.74, 6) is -0.717. The fourth-order valence-electron chi connectivity index (χ4n) is 2.63. The topological polar surface area (TPSA) is 75.6 Å². The molecular formula is C20H23NO4. The van der Waals surface area contributed by atoms with Crippen LogP contribution in [-0.2, 0) is 9.59 Å². The lowest BCUT2D eigenvalue weighted by Gasteiger charge is -2.22. The average molecular weight is 341 g/mol. The summed E-state index contributed by atoms with van der Waals surface area (Å²) in [4.78, 5) is 23.7. The van der Waals surface area contributed by atoms with Crippen molar-refractivity contribution in [1.29, 1.82) is 0 Å². The Kier molecular flexibility index (Phi) is 6.17. The van der Waals surface area contributed by atoms with Gasteiger partial charge in [0.25, 0.3) is 5.91 Å². The van der Waals surface area contributed by atoms with E-state index in [0.717, 1.165) is 16.7 Å². The molecule has 0 saturated carbocycles. The van der Waals surface area contributed by atoms with E-state index >= 15 is 0 Å². The van der Waals surface area contributed by atoms with Gasteiger partial charge in [0.1, 0.15) is 5.75 Å². The molecule has 0 spiro atoms. The smallest absolute Gasteiger partial charge is 0.305 e. The number of hydrogen-bond acceptors (Lipinski definition) is 3. The first-order chi connectivity index (χ1) is 11.9. The molecule has 0 aromatic heterocycles. The van der Waals surface area contributed by atoms with Gasteiger partial charge in [0.05, 0.1) is 12.5 Å². The van der Waals surface area contributed by atoms with E-state index in [1.165, 1.54) is 0 Å². The summed E-state index contributed by atoms with van der Waals surface area (Å²) in [6, 6.07) is 14.3. The number of aryl methyl sites for hydroxylation is 2. The molecule has 2 rings (SSSR count). The van der Waals surface area contributed by atoms with Crippen molar-refractivity contribution in [2.45, 2.75) is 39.3 Å². The Morgan fingerprint density at radius 1 is 1.12 bits per heavy atom. The van der Waals surface area contributed by atoms with Crippen molar-refractivity contribution in [2.24, 2.45) is 0 Å². The van der Waals surface area contributed by atoms with Gasteiger partial charge in [-0.25, -0.2) is 0 Å². The average Bonchev–Trinajstić information content (AvgIpc) is 2.54. The Morgan fingerprint density at radius 2 is 1.84 bits per heavy atom. The number of carboxylic acids is 1. The highest BCUT2D eigenvalue weighted by molar-refractivity contribution is 5.82. The van der Waals surface area contributed by atoms with Crippen LogP contribution in [0, 0.1) is 13.8 Å². The molecule has 2 N–H and O–H groups in total. The Hall–Kier alpha value is -2.82. The number of ether oxygens (including phenoxy) is 1. The van der Waals surface area contributed by atoms with Crippen molar-refractivity contribution < 1.29 is 19.4 Å². The van der Waals surface area contributed by atoms with Crippen LogP contribution in [0.1, 0.15) is 36.1 Å². The summed E-state index contributed by atoms with van der Waals surface area (Å²) in [7, 11) is 0. The molecule has 0 fully saturated rings. The number of hydrogen-bond donors (Lipinski definition) is 2. The monoisotopic (exact) mass is 341 g/mol. The van der Waals surface area contributed by atoms with E-state index < -0.39 is 18.1 Å². The fraction of sp³-hybridized carbons (Fsp3) is 0.300. The molecule has 2 aromatic carbocycles. The van der Waals surface area contributed by atoms with Crippen LogP contribution in [-0.4, -0.2) is 23.1 Å². The van der Waals surface area contributed by atoms with E-state index in [1.807, 2.05) is 56.3 Å². The Morgan fingerprint density at radius 3 is 2.48 bits per heavy atom. The molecule has 2 atom stereocenters. The number of rotatable bonds is 7. The van der Waals surface area contributed by atoms with E-state index in [2.05, 4.69) is 5.32 Å². The lowest BCUT2D eigenvalue weighted by molar-refractivity contribution is -0.138. The van der Waals surface area contributed by atoms with Gasteiger partial charge in [-0.3, -0.25) is 9.59 Å². The molecule has 2 unspecified atom stereocenters. The Bertz CT molecular complexity index is 757. The van der Waals surface area contributed by atoms with Crippen LogP contribution in [0.3, 0.4) is 0 Å². The largest absolute Gasteiger partial charge is 0.481 e. The lowest BCUT2D eigenvalue weighted by atomic mass is 9.98. The normalized spacial score (nSPS) is 12.9. The van der Waals surface area contributed by atoms with Crippen LogP contribution in [0.4, 0.5) is 0 Å². The van der Waals surface area contributed by atoms with Gasteiger partial charge < -0.3 is 15.2 Å². The zero-order valence-electron chi connectivity index (χ0n) is 14.7. The third-order valence-electron chi connectivity index (χ3n) is 3.93. The maximum atomic E-state index is 12.5. The zero-order valence-corrected chi connectivity index (χ0v) is 14.7. The van der Waals surface area contributed by atoms with E-state index in [1.54, 1.807) is 13.0 Å². The van der Waals surface area contributed by atoms with Gasteiger partial charge in [-0.1, -0.05) is 36.4 Å². The predicted molar refractivity (Wildman–Crippen MR) is 95.6 cm³/mol. The SMILES string of the molecule is Cc1cccc(OC(C)C(=O)NC(CC(=O)O)c2ccccc2C)c1. The molecule has 2 aromatic rings. The van der Waals surface area contributed by atoms with Crippen molar-refractivity contribution in [1.82, 2.24) is 5.32 Å². The van der Waals surface area contributed by atoms with Crippen LogP contribution < -0.4 is 10.1 Å². The second-order valence-corrected chi connectivity index (χ2v) is 6.09. The summed E-state index contributed by atoms with van der Waals surface area (Å²) < 4.78 is 5.67. The first kappa shape index (κ1) is 18.5. The summed E-state index contributed by atoms with van der Waals surface area (Å²) >= 11 is 0. The van der Waals surface area contributed by atoms with Crippen molar-refractivity contribution >= 4 is 11.9 Å². The van der Waals surface area contributed by atoms with Gasteiger partial charge in [-0.2, -0.15) is 0 Å². The molecule has 0 bridgehead atoms. The summed E-state index contributed by atoms with van der Waals surface area (Å²) in [5.41, 5.74) is 2.76. The number of carbonyl (C=O) groups is 2. The predicted octanol–water partition coefficient (Wildman–Crippen LogP) is 3.40. The molecule has 0 aliphatic rings. The molecule has 132 valence electrons. The minimum Gasteiger partial charge on any atom is -0.481 e. The second-order valence-electron chi connectivity index (χ2n) is 6.09. The van der Waals surface area contributed by atoms with Crippen molar-refractivity contribution in [3.8, 4) is 5.75 Å². The third kappa shape index (κ3) is 5.35. The molecule has 5 nitrogen and oxygen atoms in total. The minimum atomic E-state index is -0.971. The first-order valence-electron chi connectivity index (χ1n) is 8.18. The van der Waals surface area contributed by atoms with Crippen molar-refractivity contribution in [2.75, 3.05) is 0 Å². The Labute approximate surface area is 147 Å². The number of carboxylic acid groups (broad SMARTS) is 1. The number of amides is 1. The molecule has 0 heterocycles. The number of nitrogens with one attached hydrogen (secondary N) is 1. The highest BCUT2D eigenvalue weighted by atomic mass is 16.5. The molecule has 0 aliphatic heterocycles. The quantitative estimate of drug-likeness (QED) is 0.809. The molecular weight excluding hydrogens is 318 g/mol. The van der Waals surface area contributed by atoms with E-state index in [0.29, 0.717) is 5.75 Å². The van der Waals surface area contributed by atoms with E-state index in [9.17, 15) is 14.7 Å². The zero-order chi connectivity index (χ0) is 18.4. The highest BCUT2D eigenvalue weighted by Gasteiger charge is 2.23. The molecule has 5 heteroatoms. The number of aliphatic carboxylic acids is 1. The molecule has 1 amide bonds. The van der Waals surface area contributed by atoms with E-state index in [4.69, 9.17) is 4.74 Å². The number of carbonyl (C=O) groups excluding carboxylic acids is 1. The summed E-state index contributed by atoms with van der Waals surface area (Å²) in [6.07, 6.45) is -0.921.